The molecule has 5 heterocycles. The Morgan fingerprint density at radius 1 is 0.571 bits per heavy atom. The zero-order valence-electron chi connectivity index (χ0n) is 21.9. The fraction of sp³-hybridized carbons (Fsp3) is 0. The van der Waals surface area contributed by atoms with Crippen LogP contribution >= 0.6 is 0 Å². The summed E-state index contributed by atoms with van der Waals surface area (Å²) in [4.78, 5) is 14.2. The van der Waals surface area contributed by atoms with Gasteiger partial charge in [0.05, 0.1) is 17.0 Å². The number of aromatic nitrogens is 5. The predicted octanol–water partition coefficient (Wildman–Crippen LogP) is 8.05. The van der Waals surface area contributed by atoms with Crippen LogP contribution in [0, 0.1) is 12.1 Å². The number of para-hydroxylation sites is 1. The van der Waals surface area contributed by atoms with Gasteiger partial charge in [-0.25, -0.2) is 4.98 Å². The molecule has 0 aliphatic rings. The number of fused-ring (bicyclic) bond motifs is 12. The van der Waals surface area contributed by atoms with E-state index in [2.05, 4.69) is 81.2 Å². The molecule has 5 aromatic heterocycles. The van der Waals surface area contributed by atoms with Gasteiger partial charge in [-0.1, -0.05) is 100 Å². The summed E-state index contributed by atoms with van der Waals surface area (Å²) < 4.78 is 10.5. The largest absolute Gasteiger partial charge is 2.00 e. The van der Waals surface area contributed by atoms with Crippen LogP contribution in [0.2, 0.25) is 0 Å². The third-order valence-electron chi connectivity index (χ3n) is 7.68. The van der Waals surface area contributed by atoms with Crippen molar-refractivity contribution in [3.63, 3.8) is 0 Å². The van der Waals surface area contributed by atoms with Gasteiger partial charge in [0, 0.05) is 47.4 Å². The maximum atomic E-state index is 6.38. The van der Waals surface area contributed by atoms with Crippen LogP contribution in [-0.4, -0.2) is 23.8 Å². The molecule has 0 amide bonds. The summed E-state index contributed by atoms with van der Waals surface area (Å²) in [7, 11) is 0. The van der Waals surface area contributed by atoms with Crippen molar-refractivity contribution in [1.82, 2.24) is 23.8 Å². The van der Waals surface area contributed by atoms with E-state index in [9.17, 15) is 0 Å². The average molecular weight is 721 g/mol. The Hall–Kier alpha value is -5.06. The molecule has 6 nitrogen and oxygen atoms in total. The summed E-state index contributed by atoms with van der Waals surface area (Å²) in [6.07, 6.45) is 7.60. The minimum Gasteiger partial charge on any atom is -0.497 e. The number of hydrogen-bond acceptors (Lipinski definition) is 4. The third-order valence-corrected chi connectivity index (χ3v) is 7.68. The molecule has 0 fully saturated rings. The summed E-state index contributed by atoms with van der Waals surface area (Å²) in [6, 6.07) is 37.7. The molecule has 0 aliphatic carbocycles. The van der Waals surface area contributed by atoms with E-state index in [1.54, 1.807) is 12.4 Å². The van der Waals surface area contributed by atoms with Crippen molar-refractivity contribution in [3.8, 4) is 22.8 Å². The van der Waals surface area contributed by atoms with Gasteiger partial charge in [-0.2, -0.15) is 0 Å². The number of pyridine rings is 3. The zero-order chi connectivity index (χ0) is 26.9. The second kappa shape index (κ2) is 9.50. The molecule has 0 radical (unpaired) electrons. The molecule has 9 rings (SSSR count). The minimum atomic E-state index is 0. The van der Waals surface area contributed by atoms with Crippen molar-refractivity contribution in [2.45, 2.75) is 0 Å². The minimum absolute atomic E-state index is 0. The zero-order valence-corrected chi connectivity index (χ0v) is 24.2. The molecule has 0 bridgehead atoms. The van der Waals surface area contributed by atoms with E-state index in [0.29, 0.717) is 11.5 Å². The van der Waals surface area contributed by atoms with Gasteiger partial charge in [0.1, 0.15) is 5.65 Å². The molecule has 0 aliphatic heterocycles. The predicted molar refractivity (Wildman–Crippen MR) is 161 cm³/mol. The number of hydrogen-bond donors (Lipinski definition) is 0. The molecule has 0 saturated heterocycles. The first-order chi connectivity index (χ1) is 20.3. The maximum absolute atomic E-state index is 6.38. The summed E-state index contributed by atoms with van der Waals surface area (Å²) in [5, 5.41) is 6.05. The van der Waals surface area contributed by atoms with Crippen LogP contribution in [0.25, 0.3) is 66.0 Å². The number of ether oxygens (including phenoxy) is 1. The first-order valence-electron chi connectivity index (χ1n) is 13.4. The standard InChI is InChI=1S/C35H19N5O.Pt/c1-2-7-22(8-3-1)31-21-40-32-11-5-4-9-27(32)25-14-12-24(20-30(25)35(40)38-31)41-23-13-15-26-28-10-6-16-36-33(28)39-18-17-37-34(39)29(26)19-23;/h1-18,21H;/q-2;+2. The Bertz CT molecular complexity index is 2460. The fourth-order valence-electron chi connectivity index (χ4n) is 5.85. The van der Waals surface area contributed by atoms with Crippen molar-refractivity contribution in [2.24, 2.45) is 0 Å². The van der Waals surface area contributed by atoms with E-state index in [0.717, 1.165) is 66.0 Å². The third kappa shape index (κ3) is 3.65. The van der Waals surface area contributed by atoms with Crippen molar-refractivity contribution in [1.29, 1.82) is 0 Å². The smallest absolute Gasteiger partial charge is 0.497 e. The van der Waals surface area contributed by atoms with E-state index in [-0.39, 0.29) is 21.1 Å². The van der Waals surface area contributed by atoms with Crippen LogP contribution in [0.1, 0.15) is 0 Å². The van der Waals surface area contributed by atoms with Crippen LogP contribution in [-0.2, 0) is 21.1 Å². The van der Waals surface area contributed by atoms with Crippen LogP contribution in [0.15, 0.2) is 116 Å². The number of imidazole rings is 2. The van der Waals surface area contributed by atoms with Gasteiger partial charge in [-0.15, -0.1) is 12.1 Å². The number of nitrogens with zero attached hydrogens (tertiary/aromatic N) is 5. The number of rotatable bonds is 3. The van der Waals surface area contributed by atoms with E-state index < -0.39 is 0 Å². The second-order valence-corrected chi connectivity index (χ2v) is 10.0. The first-order valence-corrected chi connectivity index (χ1v) is 13.4. The normalized spacial score (nSPS) is 11.6. The molecular weight excluding hydrogens is 701 g/mol. The molecule has 0 unspecified atom stereocenters. The first kappa shape index (κ1) is 24.7. The van der Waals surface area contributed by atoms with Crippen LogP contribution in [0.5, 0.6) is 11.5 Å². The van der Waals surface area contributed by atoms with Gasteiger partial charge in [0.25, 0.3) is 0 Å². The molecule has 0 N–H and O–H groups in total. The van der Waals surface area contributed by atoms with Gasteiger partial charge in [0.15, 0.2) is 0 Å². The summed E-state index contributed by atoms with van der Waals surface area (Å²) in [5.74, 6) is 1.18. The fourth-order valence-corrected chi connectivity index (χ4v) is 5.85. The molecule has 4 aromatic carbocycles. The average Bonchev–Trinajstić information content (AvgIpc) is 3.71. The monoisotopic (exact) mass is 720 g/mol. The molecule has 9 aromatic rings. The van der Waals surface area contributed by atoms with Crippen LogP contribution in [0.3, 0.4) is 0 Å². The molecule has 42 heavy (non-hydrogen) atoms. The molecule has 0 saturated carbocycles. The van der Waals surface area contributed by atoms with Crippen LogP contribution in [0.4, 0.5) is 0 Å². The molecular formula is C35H19N5OPt. The summed E-state index contributed by atoms with van der Waals surface area (Å²) >= 11 is 0. The Labute approximate surface area is 254 Å². The van der Waals surface area contributed by atoms with Crippen molar-refractivity contribution < 1.29 is 25.8 Å². The SMILES string of the molecule is [Pt+2].[c-]1c(Oc2[c-]c3c(cc2)c2cccnc2n2ccnc32)ccc2c1c1nc(-c3ccccc3)cn1c1ccccc21. The molecule has 200 valence electrons. The molecule has 0 atom stereocenters. The summed E-state index contributed by atoms with van der Waals surface area (Å²) in [6.45, 7) is 0. The van der Waals surface area contributed by atoms with E-state index in [1.165, 1.54) is 0 Å². The Kier molecular flexibility index (Phi) is 5.59. The number of benzene rings is 4. The Balaban J connectivity index is 0.00000267. The van der Waals surface area contributed by atoms with Gasteiger partial charge < -0.3 is 13.5 Å². The van der Waals surface area contributed by atoms with Gasteiger partial charge >= 0.3 is 21.1 Å². The maximum Gasteiger partial charge on any atom is 2.00 e. The van der Waals surface area contributed by atoms with E-state index in [4.69, 9.17) is 9.72 Å². The van der Waals surface area contributed by atoms with Gasteiger partial charge in [0.2, 0.25) is 0 Å². The quantitative estimate of drug-likeness (QED) is 0.137. The van der Waals surface area contributed by atoms with Crippen LogP contribution < -0.4 is 4.74 Å². The second-order valence-electron chi connectivity index (χ2n) is 10.0. The summed E-state index contributed by atoms with van der Waals surface area (Å²) in [5.41, 5.74) is 5.57. The van der Waals surface area contributed by atoms with Crippen molar-refractivity contribution in [3.05, 3.63) is 128 Å². The van der Waals surface area contributed by atoms with Gasteiger partial charge in [-0.05, 0) is 22.9 Å². The van der Waals surface area contributed by atoms with Crippen molar-refractivity contribution in [2.75, 3.05) is 0 Å². The van der Waals surface area contributed by atoms with E-state index >= 15 is 0 Å². The molecule has 7 heteroatoms. The topological polar surface area (TPSA) is 56.7 Å². The van der Waals surface area contributed by atoms with Crippen molar-refractivity contribution >= 4 is 54.8 Å². The van der Waals surface area contributed by atoms with Gasteiger partial charge in [-0.3, -0.25) is 9.97 Å². The van der Waals surface area contributed by atoms with E-state index in [1.807, 2.05) is 53.1 Å². The Morgan fingerprint density at radius 3 is 2.10 bits per heavy atom. The Morgan fingerprint density at radius 2 is 1.26 bits per heavy atom. The molecule has 0 spiro atoms.